The molecule has 0 bridgehead atoms. The van der Waals surface area contributed by atoms with Gasteiger partial charge < -0.3 is 14.2 Å². The minimum atomic E-state index is -1.08. The smallest absolute Gasteiger partial charge is 0.437 e. The third-order valence-electron chi connectivity index (χ3n) is 5.56. The first-order valence-corrected chi connectivity index (χ1v) is 10.5. The molecule has 0 unspecified atom stereocenters. The highest BCUT2D eigenvalue weighted by Gasteiger charge is 2.49. The van der Waals surface area contributed by atoms with E-state index in [-0.39, 0.29) is 11.5 Å². The first-order chi connectivity index (χ1) is 14.5. The summed E-state index contributed by atoms with van der Waals surface area (Å²) in [4.78, 5) is 25.6. The van der Waals surface area contributed by atoms with Crippen LogP contribution in [0.3, 0.4) is 0 Å². The van der Waals surface area contributed by atoms with Crippen LogP contribution in [0.1, 0.15) is 51.3 Å². The molecule has 2 aromatic rings. The van der Waals surface area contributed by atoms with Crippen molar-refractivity contribution < 1.29 is 23.8 Å². The molecule has 31 heavy (non-hydrogen) atoms. The molecule has 1 aliphatic rings. The molecule has 1 aliphatic heterocycles. The Morgan fingerprint density at radius 3 is 2.16 bits per heavy atom. The van der Waals surface area contributed by atoms with Gasteiger partial charge >= 0.3 is 6.16 Å². The topological polar surface area (TPSA) is 61.8 Å². The van der Waals surface area contributed by atoms with Crippen molar-refractivity contribution in [3.63, 3.8) is 0 Å². The lowest BCUT2D eigenvalue weighted by atomic mass is 9.80. The molecule has 5 nitrogen and oxygen atoms in total. The molecule has 0 saturated heterocycles. The number of carbonyl (C=O) groups is 2. The van der Waals surface area contributed by atoms with Gasteiger partial charge in [0.25, 0.3) is 0 Å². The fraction of sp³-hybridized carbons (Fsp3) is 0.385. The molecule has 3 rings (SSSR count). The highest BCUT2D eigenvalue weighted by Crippen LogP contribution is 2.43. The number of ether oxygens (including phenoxy) is 3. The summed E-state index contributed by atoms with van der Waals surface area (Å²) in [6.07, 6.45) is -0.169. The van der Waals surface area contributed by atoms with Gasteiger partial charge in [-0.15, -0.1) is 0 Å². The Labute approximate surface area is 184 Å². The second-order valence-corrected chi connectivity index (χ2v) is 8.80. The SMILES string of the molecule is CCc1ccc(-c2ccc(C)cc2)cc1C1=C(OC(=O)OC)C(C)(C)OC(C)(C)C1=O. The van der Waals surface area contributed by atoms with Crippen molar-refractivity contribution in [2.45, 2.75) is 59.2 Å². The Bertz CT molecular complexity index is 1040. The van der Waals surface area contributed by atoms with Gasteiger partial charge in [0.15, 0.2) is 11.5 Å². The molecule has 1 heterocycles. The number of hydrogen-bond acceptors (Lipinski definition) is 5. The van der Waals surface area contributed by atoms with Gasteiger partial charge in [-0.3, -0.25) is 4.79 Å². The summed E-state index contributed by atoms with van der Waals surface area (Å²) >= 11 is 0. The van der Waals surface area contributed by atoms with E-state index < -0.39 is 17.4 Å². The molecule has 0 amide bonds. The zero-order valence-corrected chi connectivity index (χ0v) is 19.3. The molecule has 0 fully saturated rings. The van der Waals surface area contributed by atoms with Crippen LogP contribution in [0.15, 0.2) is 48.2 Å². The molecule has 0 radical (unpaired) electrons. The van der Waals surface area contributed by atoms with Gasteiger partial charge in [-0.05, 0) is 69.4 Å². The van der Waals surface area contributed by atoms with E-state index in [9.17, 15) is 9.59 Å². The van der Waals surface area contributed by atoms with Crippen LogP contribution in [0, 0.1) is 6.92 Å². The molecule has 5 heteroatoms. The third kappa shape index (κ3) is 4.42. The molecule has 0 aliphatic carbocycles. The highest BCUT2D eigenvalue weighted by atomic mass is 16.7. The lowest BCUT2D eigenvalue weighted by Crippen LogP contribution is -2.50. The zero-order valence-electron chi connectivity index (χ0n) is 19.3. The Kier molecular flexibility index (Phi) is 6.10. The van der Waals surface area contributed by atoms with E-state index in [0.717, 1.165) is 22.3 Å². The van der Waals surface area contributed by atoms with Crippen molar-refractivity contribution in [3.8, 4) is 11.1 Å². The maximum absolute atomic E-state index is 13.6. The Morgan fingerprint density at radius 2 is 1.58 bits per heavy atom. The van der Waals surface area contributed by atoms with Crippen LogP contribution in [0.4, 0.5) is 4.79 Å². The van der Waals surface area contributed by atoms with Crippen molar-refractivity contribution in [1.82, 2.24) is 0 Å². The molecule has 0 aromatic heterocycles. The minimum Gasteiger partial charge on any atom is -0.437 e. The predicted molar refractivity (Wildman–Crippen MR) is 121 cm³/mol. The van der Waals surface area contributed by atoms with E-state index >= 15 is 0 Å². The molecular formula is C26H30O5. The first kappa shape index (κ1) is 22.8. The largest absolute Gasteiger partial charge is 0.513 e. The van der Waals surface area contributed by atoms with Crippen LogP contribution < -0.4 is 0 Å². The summed E-state index contributed by atoms with van der Waals surface area (Å²) < 4.78 is 16.3. The quantitative estimate of drug-likeness (QED) is 0.576. The van der Waals surface area contributed by atoms with Gasteiger partial charge in [0.05, 0.1) is 12.7 Å². The van der Waals surface area contributed by atoms with Crippen LogP contribution in [-0.4, -0.2) is 30.3 Å². The normalized spacial score (nSPS) is 17.5. The van der Waals surface area contributed by atoms with E-state index in [2.05, 4.69) is 30.3 Å². The Hall–Kier alpha value is -2.92. The average molecular weight is 423 g/mol. The number of methoxy groups -OCH3 is 1. The Balaban J connectivity index is 2.30. The number of benzene rings is 2. The highest BCUT2D eigenvalue weighted by molar-refractivity contribution is 6.26. The number of rotatable bonds is 4. The van der Waals surface area contributed by atoms with Gasteiger partial charge in [0, 0.05) is 0 Å². The molecule has 2 aromatic carbocycles. The summed E-state index contributed by atoms with van der Waals surface area (Å²) in [5, 5.41) is 0. The van der Waals surface area contributed by atoms with Gasteiger partial charge in [0.1, 0.15) is 11.2 Å². The summed E-state index contributed by atoms with van der Waals surface area (Å²) in [6.45, 7) is 11.1. The van der Waals surface area contributed by atoms with Crippen LogP contribution in [0.2, 0.25) is 0 Å². The van der Waals surface area contributed by atoms with E-state index in [1.807, 2.05) is 26.0 Å². The van der Waals surface area contributed by atoms with Gasteiger partial charge in [-0.1, -0.05) is 48.9 Å². The summed E-state index contributed by atoms with van der Waals surface area (Å²) in [5.41, 5.74) is 3.20. The maximum Gasteiger partial charge on any atom is 0.513 e. The molecule has 0 spiro atoms. The minimum absolute atomic E-state index is 0.166. The van der Waals surface area contributed by atoms with E-state index in [1.165, 1.54) is 12.7 Å². The lowest BCUT2D eigenvalue weighted by Gasteiger charge is -2.42. The summed E-state index contributed by atoms with van der Waals surface area (Å²) in [7, 11) is 1.24. The Morgan fingerprint density at radius 1 is 0.968 bits per heavy atom. The van der Waals surface area contributed by atoms with Crippen LogP contribution >= 0.6 is 0 Å². The fourth-order valence-electron chi connectivity index (χ4n) is 4.02. The van der Waals surface area contributed by atoms with Crippen LogP contribution in [0.5, 0.6) is 0 Å². The second kappa shape index (κ2) is 8.31. The molecule has 0 N–H and O–H groups in total. The molecule has 0 atom stereocenters. The predicted octanol–water partition coefficient (Wildman–Crippen LogP) is 5.88. The van der Waals surface area contributed by atoms with Crippen molar-refractivity contribution >= 4 is 17.5 Å². The zero-order chi connectivity index (χ0) is 23.0. The molecule has 164 valence electrons. The third-order valence-corrected chi connectivity index (χ3v) is 5.56. The van der Waals surface area contributed by atoms with E-state index in [1.54, 1.807) is 27.7 Å². The maximum atomic E-state index is 13.6. The fourth-order valence-corrected chi connectivity index (χ4v) is 4.02. The summed E-state index contributed by atoms with van der Waals surface area (Å²) in [6, 6.07) is 14.3. The number of ketones is 1. The average Bonchev–Trinajstić information content (AvgIpc) is 2.71. The number of Topliss-reactive ketones (excluding diaryl/α,β-unsaturated/α-hetero) is 1. The second-order valence-electron chi connectivity index (χ2n) is 8.80. The van der Waals surface area contributed by atoms with Gasteiger partial charge in [0.2, 0.25) is 0 Å². The van der Waals surface area contributed by atoms with Crippen LogP contribution in [0.25, 0.3) is 16.7 Å². The van der Waals surface area contributed by atoms with E-state index in [0.29, 0.717) is 12.0 Å². The standard InChI is InChI=1S/C26H30O5/c1-8-17-13-14-19(18-11-9-16(2)10-12-18)15-20(17)21-22(27)25(3,4)31-26(5,6)23(21)30-24(28)29-7/h9-15H,8H2,1-7H3. The van der Waals surface area contributed by atoms with E-state index in [4.69, 9.17) is 14.2 Å². The van der Waals surface area contributed by atoms with Gasteiger partial charge in [-0.2, -0.15) is 0 Å². The van der Waals surface area contributed by atoms with Gasteiger partial charge in [-0.25, -0.2) is 4.79 Å². The molecular weight excluding hydrogens is 392 g/mol. The number of carbonyl (C=O) groups excluding carboxylic acids is 2. The summed E-state index contributed by atoms with van der Waals surface area (Å²) in [5.74, 6) is -0.0686. The first-order valence-electron chi connectivity index (χ1n) is 10.5. The lowest BCUT2D eigenvalue weighted by molar-refractivity contribution is -0.158. The monoisotopic (exact) mass is 422 g/mol. The van der Waals surface area contributed by atoms with Crippen molar-refractivity contribution in [2.75, 3.05) is 7.11 Å². The van der Waals surface area contributed by atoms with Crippen molar-refractivity contribution in [2.24, 2.45) is 0 Å². The molecule has 0 saturated carbocycles. The number of hydrogen-bond donors (Lipinski definition) is 0. The van der Waals surface area contributed by atoms with Crippen molar-refractivity contribution in [1.29, 1.82) is 0 Å². The van der Waals surface area contributed by atoms with Crippen molar-refractivity contribution in [3.05, 3.63) is 64.9 Å². The number of aryl methyl sites for hydroxylation is 2. The van der Waals surface area contributed by atoms with Crippen LogP contribution in [-0.2, 0) is 25.4 Å².